The molecule has 0 saturated carbocycles. The van der Waals surface area contributed by atoms with Crippen molar-refractivity contribution in [3.05, 3.63) is 29.3 Å². The number of carbonyl (C=O) groups is 1. The Balaban J connectivity index is 0.00000196. The Morgan fingerprint density at radius 2 is 1.80 bits per heavy atom. The Morgan fingerprint density at radius 3 is 2.20 bits per heavy atom. The van der Waals surface area contributed by atoms with Gasteiger partial charge in [-0.25, -0.2) is 4.79 Å². The van der Waals surface area contributed by atoms with E-state index in [-0.39, 0.29) is 51.4 Å². The van der Waals surface area contributed by atoms with E-state index < -0.39 is 11.6 Å². The van der Waals surface area contributed by atoms with Crippen LogP contribution in [0.15, 0.2) is 24.3 Å². The summed E-state index contributed by atoms with van der Waals surface area (Å²) in [4.78, 5) is 10.7. The van der Waals surface area contributed by atoms with Crippen molar-refractivity contribution < 1.29 is 14.6 Å². The first-order chi connectivity index (χ1) is 6.42. The van der Waals surface area contributed by atoms with Crippen molar-refractivity contribution >= 4 is 69.0 Å². The third kappa shape index (κ3) is 4.85. The van der Waals surface area contributed by atoms with Gasteiger partial charge >= 0.3 is 5.97 Å². The summed E-state index contributed by atoms with van der Waals surface area (Å²) >= 11 is 5.67. The van der Waals surface area contributed by atoms with Gasteiger partial charge in [0.1, 0.15) is 5.75 Å². The summed E-state index contributed by atoms with van der Waals surface area (Å²) in [6.07, 6.45) is 0. The van der Waals surface area contributed by atoms with E-state index in [0.717, 1.165) is 0 Å². The molecule has 0 aromatic heterocycles. The number of aliphatic carboxylic acids is 1. The maximum absolute atomic E-state index is 10.7. The van der Waals surface area contributed by atoms with Gasteiger partial charge in [-0.1, -0.05) is 11.6 Å². The Hall–Kier alpha value is 0.416. The van der Waals surface area contributed by atoms with E-state index in [1.807, 2.05) is 0 Å². The van der Waals surface area contributed by atoms with Crippen molar-refractivity contribution in [2.45, 2.75) is 19.4 Å². The molecule has 0 aliphatic rings. The van der Waals surface area contributed by atoms with Crippen LogP contribution in [0.3, 0.4) is 0 Å². The van der Waals surface area contributed by atoms with Gasteiger partial charge in [0.2, 0.25) is 0 Å². The van der Waals surface area contributed by atoms with Gasteiger partial charge < -0.3 is 9.84 Å². The van der Waals surface area contributed by atoms with Gasteiger partial charge in [0.15, 0.2) is 5.60 Å². The fraction of sp³-hybridized carbons (Fsp3) is 0.300. The second kappa shape index (κ2) is 6.23. The predicted molar refractivity (Wildman–Crippen MR) is 59.5 cm³/mol. The molecule has 1 rings (SSSR count). The number of rotatable bonds is 3. The quantitative estimate of drug-likeness (QED) is 0.840. The van der Waals surface area contributed by atoms with E-state index in [4.69, 9.17) is 21.4 Å². The van der Waals surface area contributed by atoms with Crippen LogP contribution < -0.4 is 4.74 Å². The maximum atomic E-state index is 10.7. The zero-order valence-electron chi connectivity index (χ0n) is 8.95. The van der Waals surface area contributed by atoms with Crippen molar-refractivity contribution in [3.63, 3.8) is 0 Å². The largest absolute Gasteiger partial charge is 0.478 e. The zero-order valence-corrected chi connectivity index (χ0v) is 12.8. The van der Waals surface area contributed by atoms with Crippen LogP contribution >= 0.6 is 11.6 Å². The van der Waals surface area contributed by atoms with Crippen molar-refractivity contribution in [2.75, 3.05) is 0 Å². The Bertz CT molecular complexity index is 335. The first kappa shape index (κ1) is 15.4. The summed E-state index contributed by atoms with van der Waals surface area (Å²) in [6, 6.07) is 6.56. The third-order valence-corrected chi connectivity index (χ3v) is 1.95. The van der Waals surface area contributed by atoms with Crippen LogP contribution in [0.4, 0.5) is 0 Å². The number of benzene rings is 1. The molecule has 1 aromatic carbocycles. The number of carboxylic acids is 1. The first-order valence-electron chi connectivity index (χ1n) is 4.10. The summed E-state index contributed by atoms with van der Waals surface area (Å²) in [5.74, 6) is -0.519. The van der Waals surface area contributed by atoms with Gasteiger partial charge in [-0.3, -0.25) is 0 Å². The Kier molecular flexibility index (Phi) is 6.40. The molecule has 0 atom stereocenters. The molecular formula is C10H11ClKO3. The zero-order chi connectivity index (χ0) is 10.8. The van der Waals surface area contributed by atoms with Crippen LogP contribution in [-0.2, 0) is 4.79 Å². The van der Waals surface area contributed by atoms with E-state index in [9.17, 15) is 4.79 Å². The fourth-order valence-corrected chi connectivity index (χ4v) is 0.967. The normalized spacial score (nSPS) is 10.3. The maximum Gasteiger partial charge on any atom is 0.347 e. The molecule has 0 saturated heterocycles. The first-order valence-corrected chi connectivity index (χ1v) is 4.47. The van der Waals surface area contributed by atoms with Crippen molar-refractivity contribution in [1.82, 2.24) is 0 Å². The van der Waals surface area contributed by atoms with Gasteiger partial charge in [-0.15, -0.1) is 0 Å². The second-order valence-corrected chi connectivity index (χ2v) is 3.81. The molecular weight excluding hydrogens is 243 g/mol. The number of ether oxygens (including phenoxy) is 1. The summed E-state index contributed by atoms with van der Waals surface area (Å²) in [5.41, 5.74) is -1.23. The van der Waals surface area contributed by atoms with Crippen LogP contribution in [0.5, 0.6) is 5.75 Å². The Morgan fingerprint density at radius 1 is 1.33 bits per heavy atom. The molecule has 0 spiro atoms. The molecule has 0 heterocycles. The number of hydrogen-bond acceptors (Lipinski definition) is 2. The van der Waals surface area contributed by atoms with E-state index in [2.05, 4.69) is 0 Å². The molecule has 1 aromatic rings. The molecule has 0 aliphatic carbocycles. The molecule has 1 N–H and O–H groups in total. The van der Waals surface area contributed by atoms with Gasteiger partial charge in [0, 0.05) is 56.4 Å². The van der Waals surface area contributed by atoms with Gasteiger partial charge in [0.05, 0.1) is 0 Å². The predicted octanol–water partition coefficient (Wildman–Crippen LogP) is 2.20. The SMILES string of the molecule is CC(C)(Oc1ccc(Cl)cc1)C(=O)O.[K]. The summed E-state index contributed by atoms with van der Waals surface area (Å²) < 4.78 is 5.26. The summed E-state index contributed by atoms with van der Waals surface area (Å²) in [6.45, 7) is 2.98. The molecule has 15 heavy (non-hydrogen) atoms. The molecule has 0 aliphatic heterocycles. The minimum Gasteiger partial charge on any atom is -0.478 e. The van der Waals surface area contributed by atoms with Gasteiger partial charge in [-0.05, 0) is 38.1 Å². The third-order valence-electron chi connectivity index (χ3n) is 1.70. The average molecular weight is 254 g/mol. The van der Waals surface area contributed by atoms with E-state index in [1.165, 1.54) is 13.8 Å². The van der Waals surface area contributed by atoms with Crippen molar-refractivity contribution in [2.24, 2.45) is 0 Å². The Labute approximate surface area is 136 Å². The summed E-state index contributed by atoms with van der Waals surface area (Å²) in [5, 5.41) is 9.39. The van der Waals surface area contributed by atoms with Gasteiger partial charge in [-0.2, -0.15) is 0 Å². The topological polar surface area (TPSA) is 46.5 Å². The van der Waals surface area contributed by atoms with E-state index >= 15 is 0 Å². The standard InChI is InChI=1S/C10H11ClO3.K/c1-10(2,9(12)13)14-8-5-3-7(11)4-6-8;/h3-6H,1-2H3,(H,12,13);. The van der Waals surface area contributed by atoms with Crippen LogP contribution in [0.25, 0.3) is 0 Å². The van der Waals surface area contributed by atoms with Crippen LogP contribution in [0.2, 0.25) is 5.02 Å². The minimum atomic E-state index is -1.23. The fourth-order valence-electron chi connectivity index (χ4n) is 0.841. The molecule has 1 radical (unpaired) electrons. The molecule has 0 unspecified atom stereocenters. The molecule has 77 valence electrons. The summed E-state index contributed by atoms with van der Waals surface area (Å²) in [7, 11) is 0. The van der Waals surface area contributed by atoms with Crippen molar-refractivity contribution in [1.29, 1.82) is 0 Å². The van der Waals surface area contributed by atoms with Crippen LogP contribution in [0, 0.1) is 0 Å². The van der Waals surface area contributed by atoms with E-state index in [1.54, 1.807) is 24.3 Å². The number of hydrogen-bond donors (Lipinski definition) is 1. The average Bonchev–Trinajstić information content (AvgIpc) is 2.08. The molecule has 0 bridgehead atoms. The smallest absolute Gasteiger partial charge is 0.347 e. The molecule has 0 amide bonds. The monoisotopic (exact) mass is 253 g/mol. The molecule has 5 heteroatoms. The minimum absolute atomic E-state index is 0. The number of carboxylic acid groups (broad SMARTS) is 1. The van der Waals surface area contributed by atoms with Crippen LogP contribution in [0.1, 0.15) is 13.8 Å². The van der Waals surface area contributed by atoms with Crippen molar-refractivity contribution in [3.8, 4) is 5.75 Å². The van der Waals surface area contributed by atoms with Crippen LogP contribution in [-0.4, -0.2) is 68.1 Å². The number of halogens is 1. The van der Waals surface area contributed by atoms with Gasteiger partial charge in [0.25, 0.3) is 0 Å². The molecule has 0 fully saturated rings. The molecule has 3 nitrogen and oxygen atoms in total. The second-order valence-electron chi connectivity index (χ2n) is 3.37. The van der Waals surface area contributed by atoms with E-state index in [0.29, 0.717) is 10.8 Å².